The predicted octanol–water partition coefficient (Wildman–Crippen LogP) is 5.80. The quantitative estimate of drug-likeness (QED) is 0.445. The van der Waals surface area contributed by atoms with E-state index in [2.05, 4.69) is 62.2 Å². The summed E-state index contributed by atoms with van der Waals surface area (Å²) in [4.78, 5) is 32.0. The summed E-state index contributed by atoms with van der Waals surface area (Å²) in [6.07, 6.45) is 1.18. The van der Waals surface area contributed by atoms with Gasteiger partial charge in [0.25, 0.3) is 0 Å². The minimum absolute atomic E-state index is 0.0706. The summed E-state index contributed by atoms with van der Waals surface area (Å²) < 4.78 is 12.2. The molecule has 8 heteroatoms. The molecule has 0 saturated carbocycles. The lowest BCUT2D eigenvalue weighted by Gasteiger charge is -2.53. The van der Waals surface area contributed by atoms with Crippen molar-refractivity contribution < 1.29 is 23.5 Å². The SMILES string of the molecule is CCC1C(C[N+]2(C(=O)OC(C)(C)C)C[C@@H](C)N(Cc3ccccc3)CC2CC)N[C@H](C)CN1C(=O)OC(C)(C)C. The summed E-state index contributed by atoms with van der Waals surface area (Å²) in [5, 5.41) is 3.78. The maximum atomic E-state index is 14.3. The van der Waals surface area contributed by atoms with Gasteiger partial charge in [0, 0.05) is 19.1 Å². The molecular weight excluding hydrogens is 504 g/mol. The van der Waals surface area contributed by atoms with Crippen LogP contribution in [0.15, 0.2) is 30.3 Å². The fourth-order valence-corrected chi connectivity index (χ4v) is 6.47. The molecule has 2 fully saturated rings. The molecule has 0 aliphatic carbocycles. The van der Waals surface area contributed by atoms with Crippen molar-refractivity contribution in [3.05, 3.63) is 35.9 Å². The van der Waals surface area contributed by atoms with Crippen molar-refractivity contribution in [2.75, 3.05) is 26.2 Å². The van der Waals surface area contributed by atoms with E-state index in [0.717, 1.165) is 25.9 Å². The molecule has 40 heavy (non-hydrogen) atoms. The summed E-state index contributed by atoms with van der Waals surface area (Å²) in [5.41, 5.74) is 0.120. The van der Waals surface area contributed by atoms with Crippen molar-refractivity contribution >= 4 is 12.2 Å². The number of nitrogens with zero attached hydrogens (tertiary/aromatic N) is 3. The number of hydrogen-bond acceptors (Lipinski definition) is 6. The van der Waals surface area contributed by atoms with Crippen LogP contribution in [0.25, 0.3) is 0 Å². The van der Waals surface area contributed by atoms with E-state index < -0.39 is 11.2 Å². The van der Waals surface area contributed by atoms with Gasteiger partial charge in [-0.25, -0.2) is 9.28 Å². The van der Waals surface area contributed by atoms with Gasteiger partial charge in [0.1, 0.15) is 30.3 Å². The highest BCUT2D eigenvalue weighted by molar-refractivity contribution is 5.69. The molecule has 1 aromatic rings. The molecule has 0 spiro atoms. The van der Waals surface area contributed by atoms with Crippen LogP contribution in [0.1, 0.15) is 87.6 Å². The van der Waals surface area contributed by atoms with Crippen molar-refractivity contribution in [3.8, 4) is 0 Å². The number of quaternary nitrogens is 1. The number of benzene rings is 1. The Morgan fingerprint density at radius 2 is 1.57 bits per heavy atom. The van der Waals surface area contributed by atoms with Crippen LogP contribution in [-0.4, -0.2) is 94.1 Å². The number of amides is 2. The lowest BCUT2D eigenvalue weighted by Crippen LogP contribution is -2.76. The first-order valence-electron chi connectivity index (χ1n) is 15.2. The molecule has 1 aromatic carbocycles. The monoisotopic (exact) mass is 559 g/mol. The van der Waals surface area contributed by atoms with E-state index in [1.807, 2.05) is 52.5 Å². The highest BCUT2D eigenvalue weighted by atomic mass is 16.6. The zero-order valence-electron chi connectivity index (χ0n) is 26.7. The summed E-state index contributed by atoms with van der Waals surface area (Å²) in [6, 6.07) is 10.7. The average Bonchev–Trinajstić information content (AvgIpc) is 2.83. The van der Waals surface area contributed by atoms with E-state index in [1.54, 1.807) is 0 Å². The fraction of sp³-hybridized carbons (Fsp3) is 0.750. The van der Waals surface area contributed by atoms with Crippen molar-refractivity contribution in [3.63, 3.8) is 0 Å². The van der Waals surface area contributed by atoms with Crippen LogP contribution in [-0.2, 0) is 16.0 Å². The number of ether oxygens (including phenoxy) is 2. The Labute approximate surface area is 242 Å². The molecule has 6 atom stereocenters. The predicted molar refractivity (Wildman–Crippen MR) is 160 cm³/mol. The van der Waals surface area contributed by atoms with Gasteiger partial charge in [-0.05, 0) is 73.8 Å². The third kappa shape index (κ3) is 7.98. The van der Waals surface area contributed by atoms with Gasteiger partial charge < -0.3 is 19.7 Å². The van der Waals surface area contributed by atoms with E-state index in [1.165, 1.54) is 5.56 Å². The standard InChI is InChI=1S/C32H55N4O4/c1-11-26-20-34(19-25-16-14-13-15-17-25)24(4)21-36(26,30(38)40-32(8,9)10)22-27-28(12-2)35(18-23(3)33-27)29(37)39-31(5,6)7/h13-17,23-24,26-28,33H,11-12,18-22H2,1-10H3/q+1/t23-,24-,26?,27?,28?,36?/m1/s1. The average molecular weight is 560 g/mol. The molecule has 2 amide bonds. The minimum Gasteiger partial charge on any atom is -0.444 e. The number of nitrogens with one attached hydrogen (secondary N) is 1. The summed E-state index contributed by atoms with van der Waals surface area (Å²) in [5.74, 6) is 0. The van der Waals surface area contributed by atoms with Crippen LogP contribution < -0.4 is 5.32 Å². The Bertz CT molecular complexity index is 989. The van der Waals surface area contributed by atoms with Crippen LogP contribution >= 0.6 is 0 Å². The molecule has 4 unspecified atom stereocenters. The molecular formula is C32H55N4O4+. The van der Waals surface area contributed by atoms with Crippen molar-refractivity contribution in [2.45, 2.75) is 130 Å². The lowest BCUT2D eigenvalue weighted by molar-refractivity contribution is -0.893. The Balaban J connectivity index is 1.96. The fourth-order valence-electron chi connectivity index (χ4n) is 6.47. The number of carbonyl (C=O) groups is 2. The summed E-state index contributed by atoms with van der Waals surface area (Å²) >= 11 is 0. The first-order valence-corrected chi connectivity index (χ1v) is 15.2. The van der Waals surface area contributed by atoms with E-state index in [-0.39, 0.29) is 46.9 Å². The molecule has 2 heterocycles. The zero-order valence-corrected chi connectivity index (χ0v) is 26.7. The maximum absolute atomic E-state index is 14.3. The minimum atomic E-state index is -0.592. The molecule has 226 valence electrons. The summed E-state index contributed by atoms with van der Waals surface area (Å²) in [7, 11) is 0. The Hall–Kier alpha value is -2.16. The molecule has 0 aromatic heterocycles. The third-order valence-electron chi connectivity index (χ3n) is 8.22. The smallest absolute Gasteiger partial charge is 0.444 e. The van der Waals surface area contributed by atoms with Crippen LogP contribution in [0.4, 0.5) is 9.59 Å². The van der Waals surface area contributed by atoms with E-state index in [0.29, 0.717) is 19.6 Å². The van der Waals surface area contributed by atoms with Crippen molar-refractivity contribution in [1.82, 2.24) is 15.1 Å². The molecule has 3 rings (SSSR count). The first-order chi connectivity index (χ1) is 18.6. The second kappa shape index (κ2) is 12.8. The Morgan fingerprint density at radius 1 is 0.950 bits per heavy atom. The molecule has 0 radical (unpaired) electrons. The Morgan fingerprint density at radius 3 is 2.12 bits per heavy atom. The first kappa shape index (κ1) is 32.4. The van der Waals surface area contributed by atoms with Crippen LogP contribution in [0.2, 0.25) is 0 Å². The summed E-state index contributed by atoms with van der Waals surface area (Å²) in [6.45, 7) is 23.6. The highest BCUT2D eigenvalue weighted by Crippen LogP contribution is 2.33. The molecule has 1 N–H and O–H groups in total. The van der Waals surface area contributed by atoms with Gasteiger partial charge in [0.15, 0.2) is 0 Å². The molecule has 0 bridgehead atoms. The number of piperazine rings is 2. The normalized spacial score (nSPS) is 30.1. The van der Waals surface area contributed by atoms with Gasteiger partial charge in [-0.1, -0.05) is 44.2 Å². The van der Waals surface area contributed by atoms with Crippen LogP contribution in [0.5, 0.6) is 0 Å². The second-order valence-electron chi connectivity index (χ2n) is 14.0. The molecule has 2 saturated heterocycles. The highest BCUT2D eigenvalue weighted by Gasteiger charge is 2.55. The van der Waals surface area contributed by atoms with Crippen LogP contribution in [0.3, 0.4) is 0 Å². The number of carbonyl (C=O) groups excluding carboxylic acids is 2. The van der Waals surface area contributed by atoms with E-state index >= 15 is 0 Å². The molecule has 8 nitrogen and oxygen atoms in total. The van der Waals surface area contributed by atoms with Crippen molar-refractivity contribution in [1.29, 1.82) is 0 Å². The van der Waals surface area contributed by atoms with E-state index in [9.17, 15) is 9.59 Å². The number of rotatable bonds is 6. The lowest BCUT2D eigenvalue weighted by atomic mass is 9.93. The van der Waals surface area contributed by atoms with Gasteiger partial charge in [0.2, 0.25) is 0 Å². The molecule has 2 aliphatic heterocycles. The second-order valence-corrected chi connectivity index (χ2v) is 14.0. The van der Waals surface area contributed by atoms with Gasteiger partial charge in [-0.2, -0.15) is 4.79 Å². The van der Waals surface area contributed by atoms with Gasteiger partial charge in [-0.15, -0.1) is 0 Å². The molecule has 2 aliphatic rings. The van der Waals surface area contributed by atoms with Crippen LogP contribution in [0, 0.1) is 0 Å². The van der Waals surface area contributed by atoms with Crippen molar-refractivity contribution in [2.24, 2.45) is 0 Å². The van der Waals surface area contributed by atoms with E-state index in [4.69, 9.17) is 9.47 Å². The topological polar surface area (TPSA) is 71.1 Å². The largest absolute Gasteiger partial charge is 0.516 e. The van der Waals surface area contributed by atoms with Gasteiger partial charge in [-0.3, -0.25) is 4.90 Å². The maximum Gasteiger partial charge on any atom is 0.516 e. The Kier molecular flexibility index (Phi) is 10.3. The third-order valence-corrected chi connectivity index (χ3v) is 8.22. The number of hydrogen-bond donors (Lipinski definition) is 1. The van der Waals surface area contributed by atoms with Gasteiger partial charge in [0.05, 0.1) is 24.7 Å². The van der Waals surface area contributed by atoms with Gasteiger partial charge >= 0.3 is 12.2 Å². The zero-order chi connectivity index (χ0) is 29.9.